The van der Waals surface area contributed by atoms with Crippen LogP contribution in [0.25, 0.3) is 0 Å². The maximum Gasteiger partial charge on any atom is 0.0590 e. The summed E-state index contributed by atoms with van der Waals surface area (Å²) in [5.74, 6) is 0. The minimum absolute atomic E-state index is 0.372. The average Bonchev–Trinajstić information content (AvgIpc) is 1.86. The fourth-order valence-electron chi connectivity index (χ4n) is 1.71. The van der Waals surface area contributed by atoms with Crippen molar-refractivity contribution in [1.82, 2.24) is 10.2 Å². The number of hydrogen-bond donors (Lipinski definition) is 2. The van der Waals surface area contributed by atoms with Gasteiger partial charge in [0, 0.05) is 25.7 Å². The lowest BCUT2D eigenvalue weighted by Crippen LogP contribution is -2.67. The van der Waals surface area contributed by atoms with Gasteiger partial charge in [0.05, 0.1) is 6.17 Å². The Labute approximate surface area is 55.2 Å². The molecule has 2 unspecified atom stereocenters. The Morgan fingerprint density at radius 3 is 3.00 bits per heavy atom. The minimum atomic E-state index is 0.372. The summed E-state index contributed by atoms with van der Waals surface area (Å²) in [6, 6.07) is 0.758. The quantitative estimate of drug-likeness (QED) is 0.436. The van der Waals surface area contributed by atoms with Crippen molar-refractivity contribution in [3.63, 3.8) is 0 Å². The molecule has 2 aliphatic rings. The van der Waals surface area contributed by atoms with Crippen LogP contribution >= 0.6 is 0 Å². The van der Waals surface area contributed by atoms with Gasteiger partial charge in [0.25, 0.3) is 0 Å². The number of piperazine rings is 1. The molecule has 2 atom stereocenters. The van der Waals surface area contributed by atoms with E-state index in [0.717, 1.165) is 25.7 Å². The summed E-state index contributed by atoms with van der Waals surface area (Å²) in [6.45, 7) is 3.41. The van der Waals surface area contributed by atoms with E-state index < -0.39 is 0 Å². The summed E-state index contributed by atoms with van der Waals surface area (Å²) in [4.78, 5) is 2.37. The third-order valence-corrected chi connectivity index (χ3v) is 2.34. The maximum absolute atomic E-state index is 5.73. The van der Waals surface area contributed by atoms with Crippen molar-refractivity contribution in [2.24, 2.45) is 5.73 Å². The van der Waals surface area contributed by atoms with E-state index in [1.54, 1.807) is 0 Å². The summed E-state index contributed by atoms with van der Waals surface area (Å²) in [6.07, 6.45) is 1.56. The molecule has 0 aromatic rings. The zero-order valence-corrected chi connectivity index (χ0v) is 5.51. The Kier molecular flexibility index (Phi) is 1.22. The molecule has 2 rings (SSSR count). The van der Waals surface area contributed by atoms with Crippen molar-refractivity contribution in [1.29, 1.82) is 0 Å². The molecule has 2 heterocycles. The topological polar surface area (TPSA) is 41.3 Å². The van der Waals surface area contributed by atoms with Gasteiger partial charge in [-0.25, -0.2) is 0 Å². The van der Waals surface area contributed by atoms with Gasteiger partial charge < -0.3 is 11.1 Å². The van der Waals surface area contributed by atoms with E-state index in [2.05, 4.69) is 10.2 Å². The minimum Gasteiger partial charge on any atom is -0.316 e. The average molecular weight is 127 g/mol. The molecule has 52 valence electrons. The lowest BCUT2D eigenvalue weighted by atomic mass is 9.97. The van der Waals surface area contributed by atoms with E-state index in [1.165, 1.54) is 6.42 Å². The molecular weight excluding hydrogens is 114 g/mol. The monoisotopic (exact) mass is 127 g/mol. The normalized spacial score (nSPS) is 43.7. The van der Waals surface area contributed by atoms with Crippen LogP contribution in [0.4, 0.5) is 0 Å². The molecule has 0 aliphatic carbocycles. The zero-order valence-electron chi connectivity index (χ0n) is 5.51. The molecule has 0 spiro atoms. The first-order valence-corrected chi connectivity index (χ1v) is 3.60. The zero-order chi connectivity index (χ0) is 6.27. The number of nitrogens with two attached hydrogens (primary N) is 1. The Morgan fingerprint density at radius 2 is 2.44 bits per heavy atom. The molecule has 3 heteroatoms. The Morgan fingerprint density at radius 1 is 1.56 bits per heavy atom. The summed E-state index contributed by atoms with van der Waals surface area (Å²) in [5.41, 5.74) is 5.73. The maximum atomic E-state index is 5.73. The Hall–Kier alpha value is -0.120. The van der Waals surface area contributed by atoms with Crippen LogP contribution < -0.4 is 11.1 Å². The molecule has 0 aromatic heterocycles. The van der Waals surface area contributed by atoms with Gasteiger partial charge in [0.2, 0.25) is 0 Å². The van der Waals surface area contributed by atoms with E-state index in [4.69, 9.17) is 5.73 Å². The first-order chi connectivity index (χ1) is 4.38. The fraction of sp³-hybridized carbons (Fsp3) is 1.00. The van der Waals surface area contributed by atoms with Crippen molar-refractivity contribution in [2.75, 3.05) is 19.6 Å². The van der Waals surface area contributed by atoms with Gasteiger partial charge in [-0.3, -0.25) is 4.90 Å². The highest BCUT2D eigenvalue weighted by molar-refractivity contribution is 4.93. The first kappa shape index (κ1) is 5.65. The van der Waals surface area contributed by atoms with Crippen LogP contribution in [0.3, 0.4) is 0 Å². The Bertz CT molecular complexity index is 113. The number of hydrogen-bond acceptors (Lipinski definition) is 3. The highest BCUT2D eigenvalue weighted by Crippen LogP contribution is 2.22. The molecule has 0 radical (unpaired) electrons. The number of nitrogens with one attached hydrogen (secondary N) is 1. The van der Waals surface area contributed by atoms with Crippen LogP contribution in [0.5, 0.6) is 0 Å². The van der Waals surface area contributed by atoms with Crippen molar-refractivity contribution >= 4 is 0 Å². The van der Waals surface area contributed by atoms with Crippen LogP contribution in [0.1, 0.15) is 6.42 Å². The molecule has 3 nitrogen and oxygen atoms in total. The number of fused-ring (bicyclic) bond motifs is 1. The molecule has 9 heavy (non-hydrogen) atoms. The fourth-order valence-corrected chi connectivity index (χ4v) is 1.71. The molecule has 0 saturated carbocycles. The van der Waals surface area contributed by atoms with Gasteiger partial charge in [-0.05, 0) is 6.42 Å². The van der Waals surface area contributed by atoms with Crippen molar-refractivity contribution < 1.29 is 0 Å². The smallest absolute Gasteiger partial charge is 0.0590 e. The second-order valence-electron chi connectivity index (χ2n) is 2.90. The van der Waals surface area contributed by atoms with Crippen molar-refractivity contribution in [2.45, 2.75) is 18.6 Å². The van der Waals surface area contributed by atoms with Gasteiger partial charge >= 0.3 is 0 Å². The third-order valence-electron chi connectivity index (χ3n) is 2.34. The molecule has 0 bridgehead atoms. The van der Waals surface area contributed by atoms with Gasteiger partial charge in [-0.15, -0.1) is 0 Å². The van der Waals surface area contributed by atoms with Gasteiger partial charge in [0.1, 0.15) is 0 Å². The second-order valence-corrected chi connectivity index (χ2v) is 2.90. The third kappa shape index (κ3) is 0.764. The van der Waals surface area contributed by atoms with Crippen LogP contribution in [-0.2, 0) is 0 Å². The highest BCUT2D eigenvalue weighted by Gasteiger charge is 2.36. The van der Waals surface area contributed by atoms with Gasteiger partial charge in [-0.2, -0.15) is 0 Å². The second kappa shape index (κ2) is 1.94. The van der Waals surface area contributed by atoms with E-state index in [-0.39, 0.29) is 0 Å². The van der Waals surface area contributed by atoms with Gasteiger partial charge in [-0.1, -0.05) is 0 Å². The predicted molar refractivity (Wildman–Crippen MR) is 36.0 cm³/mol. The van der Waals surface area contributed by atoms with Crippen molar-refractivity contribution in [3.05, 3.63) is 0 Å². The van der Waals surface area contributed by atoms with Crippen LogP contribution in [0.2, 0.25) is 0 Å². The lowest BCUT2D eigenvalue weighted by molar-refractivity contribution is 0.00129. The number of nitrogens with zero attached hydrogens (tertiary/aromatic N) is 1. The molecular formula is C6H13N3. The van der Waals surface area contributed by atoms with Gasteiger partial charge in [0.15, 0.2) is 0 Å². The Balaban J connectivity index is 1.94. The first-order valence-electron chi connectivity index (χ1n) is 3.60. The molecule has 2 fully saturated rings. The number of rotatable bonds is 0. The molecule has 2 aliphatic heterocycles. The molecule has 3 N–H and O–H groups in total. The lowest BCUT2D eigenvalue weighted by Gasteiger charge is -2.49. The standard InChI is InChI=1S/C6H13N3/c7-6-3-5-4-8-1-2-9(5)6/h5-6,8H,1-4,7H2. The van der Waals surface area contributed by atoms with E-state index >= 15 is 0 Å². The van der Waals surface area contributed by atoms with E-state index in [0.29, 0.717) is 6.17 Å². The summed E-state index contributed by atoms with van der Waals surface area (Å²) >= 11 is 0. The van der Waals surface area contributed by atoms with E-state index in [1.807, 2.05) is 0 Å². The highest BCUT2D eigenvalue weighted by atomic mass is 15.3. The summed E-state index contributed by atoms with van der Waals surface area (Å²) in [5, 5.41) is 3.34. The molecule has 2 saturated heterocycles. The predicted octanol–water partition coefficient (Wildman–Crippen LogP) is -1.05. The van der Waals surface area contributed by atoms with Crippen LogP contribution in [0.15, 0.2) is 0 Å². The van der Waals surface area contributed by atoms with Crippen LogP contribution in [0, 0.1) is 0 Å². The summed E-state index contributed by atoms with van der Waals surface area (Å²) < 4.78 is 0. The van der Waals surface area contributed by atoms with Crippen LogP contribution in [-0.4, -0.2) is 36.7 Å². The van der Waals surface area contributed by atoms with Crippen molar-refractivity contribution in [3.8, 4) is 0 Å². The van der Waals surface area contributed by atoms with E-state index in [9.17, 15) is 0 Å². The summed E-state index contributed by atoms with van der Waals surface area (Å²) in [7, 11) is 0. The largest absolute Gasteiger partial charge is 0.316 e. The SMILES string of the molecule is NC1CC2CNCCN12. The molecule has 0 amide bonds. The molecule has 0 aromatic carbocycles.